The quantitative estimate of drug-likeness (QED) is 0.877. The Kier molecular flexibility index (Phi) is 3.57. The first-order valence-electron chi connectivity index (χ1n) is 7.29. The van der Waals surface area contributed by atoms with E-state index in [0.717, 1.165) is 24.7 Å². The first-order chi connectivity index (χ1) is 9.07. The average Bonchev–Trinajstić information content (AvgIpc) is 3.19. The van der Waals surface area contributed by atoms with Crippen LogP contribution in [0.1, 0.15) is 44.1 Å². The fourth-order valence-corrected chi connectivity index (χ4v) is 3.83. The predicted octanol–water partition coefficient (Wildman–Crippen LogP) is 4.32. The number of benzene rings is 1. The van der Waals surface area contributed by atoms with Gasteiger partial charge in [0.25, 0.3) is 0 Å². The van der Waals surface area contributed by atoms with Gasteiger partial charge in [-0.15, -0.1) is 0 Å². The van der Waals surface area contributed by atoms with E-state index in [2.05, 4.69) is 0 Å². The number of hydrogen-bond donors (Lipinski definition) is 1. The Bertz CT molecular complexity index is 472. The lowest BCUT2D eigenvalue weighted by Crippen LogP contribution is -2.46. The van der Waals surface area contributed by atoms with Crippen molar-refractivity contribution in [2.45, 2.75) is 50.5 Å². The lowest BCUT2D eigenvalue weighted by Gasteiger charge is -2.38. The second-order valence-corrected chi connectivity index (χ2v) is 6.85. The zero-order valence-corrected chi connectivity index (χ0v) is 11.9. The van der Waals surface area contributed by atoms with Crippen molar-refractivity contribution in [2.24, 2.45) is 17.6 Å². The Labute approximate surface area is 119 Å². The molecular weight excluding hydrogens is 261 g/mol. The van der Waals surface area contributed by atoms with Crippen LogP contribution in [0.25, 0.3) is 0 Å². The highest BCUT2D eigenvalue weighted by Crippen LogP contribution is 2.46. The monoisotopic (exact) mass is 281 g/mol. The Morgan fingerprint density at radius 3 is 2.79 bits per heavy atom. The normalized spacial score (nSPS) is 31.4. The van der Waals surface area contributed by atoms with Crippen LogP contribution in [0.4, 0.5) is 4.39 Å². The summed E-state index contributed by atoms with van der Waals surface area (Å²) >= 11 is 5.85. The zero-order chi connectivity index (χ0) is 13.5. The smallest absolute Gasteiger partial charge is 0.145 e. The fourth-order valence-electron chi connectivity index (χ4n) is 3.64. The molecule has 104 valence electrons. The van der Waals surface area contributed by atoms with Crippen molar-refractivity contribution in [3.63, 3.8) is 0 Å². The largest absolute Gasteiger partial charge is 0.325 e. The van der Waals surface area contributed by atoms with Crippen LogP contribution < -0.4 is 5.73 Å². The maximum atomic E-state index is 14.0. The van der Waals surface area contributed by atoms with Crippen LogP contribution in [0, 0.1) is 17.7 Å². The molecule has 3 heteroatoms. The van der Waals surface area contributed by atoms with Crippen LogP contribution in [-0.4, -0.2) is 5.54 Å². The van der Waals surface area contributed by atoms with E-state index in [1.165, 1.54) is 25.7 Å². The van der Waals surface area contributed by atoms with Crippen molar-refractivity contribution in [3.05, 3.63) is 34.6 Å². The minimum absolute atomic E-state index is 0.204. The van der Waals surface area contributed by atoms with Crippen molar-refractivity contribution in [3.8, 4) is 0 Å². The SMILES string of the molecule is NC1(Cc2cccc(Cl)c2F)CCCC(C2CC2)C1. The molecule has 0 radical (unpaired) electrons. The summed E-state index contributed by atoms with van der Waals surface area (Å²) in [6.07, 6.45) is 7.88. The Balaban J connectivity index is 1.75. The van der Waals surface area contributed by atoms with Gasteiger partial charge in [-0.25, -0.2) is 4.39 Å². The molecule has 2 fully saturated rings. The van der Waals surface area contributed by atoms with Crippen molar-refractivity contribution < 1.29 is 4.39 Å². The average molecular weight is 282 g/mol. The van der Waals surface area contributed by atoms with Crippen LogP contribution >= 0.6 is 11.6 Å². The second kappa shape index (κ2) is 5.06. The highest BCUT2D eigenvalue weighted by Gasteiger charge is 2.40. The van der Waals surface area contributed by atoms with Crippen LogP contribution in [0.2, 0.25) is 5.02 Å². The summed E-state index contributed by atoms with van der Waals surface area (Å²) < 4.78 is 14.0. The van der Waals surface area contributed by atoms with Crippen LogP contribution in [0.15, 0.2) is 18.2 Å². The molecule has 19 heavy (non-hydrogen) atoms. The molecule has 0 heterocycles. The van der Waals surface area contributed by atoms with E-state index in [0.29, 0.717) is 12.0 Å². The molecule has 1 aromatic rings. The van der Waals surface area contributed by atoms with Gasteiger partial charge in [0.15, 0.2) is 0 Å². The molecule has 0 spiro atoms. The van der Waals surface area contributed by atoms with Gasteiger partial charge >= 0.3 is 0 Å². The molecule has 0 aliphatic heterocycles. The molecule has 0 amide bonds. The predicted molar refractivity (Wildman–Crippen MR) is 76.7 cm³/mol. The molecule has 0 bridgehead atoms. The maximum Gasteiger partial charge on any atom is 0.145 e. The van der Waals surface area contributed by atoms with Gasteiger partial charge in [0.1, 0.15) is 5.82 Å². The zero-order valence-electron chi connectivity index (χ0n) is 11.2. The molecule has 1 nitrogen and oxygen atoms in total. The lowest BCUT2D eigenvalue weighted by molar-refractivity contribution is 0.203. The van der Waals surface area contributed by atoms with Crippen molar-refractivity contribution >= 4 is 11.6 Å². The third-order valence-electron chi connectivity index (χ3n) is 4.78. The van der Waals surface area contributed by atoms with Crippen LogP contribution in [0.3, 0.4) is 0 Å². The van der Waals surface area contributed by atoms with E-state index >= 15 is 0 Å². The van der Waals surface area contributed by atoms with Crippen LogP contribution in [0.5, 0.6) is 0 Å². The molecule has 1 aromatic carbocycles. The molecule has 3 rings (SSSR count). The van der Waals surface area contributed by atoms with Gasteiger partial charge in [0.05, 0.1) is 5.02 Å². The molecule has 2 unspecified atom stereocenters. The fraction of sp³-hybridized carbons (Fsp3) is 0.625. The van der Waals surface area contributed by atoms with Gasteiger partial charge in [-0.05, 0) is 55.6 Å². The Morgan fingerprint density at radius 1 is 1.26 bits per heavy atom. The molecule has 0 aromatic heterocycles. The minimum Gasteiger partial charge on any atom is -0.325 e. The highest BCUT2D eigenvalue weighted by atomic mass is 35.5. The molecule has 2 atom stereocenters. The third-order valence-corrected chi connectivity index (χ3v) is 5.07. The summed E-state index contributed by atoms with van der Waals surface area (Å²) in [6.45, 7) is 0. The van der Waals surface area contributed by atoms with Gasteiger partial charge in [-0.3, -0.25) is 0 Å². The summed E-state index contributed by atoms with van der Waals surface area (Å²) in [6, 6.07) is 5.22. The van der Waals surface area contributed by atoms with E-state index in [1.54, 1.807) is 6.07 Å². The van der Waals surface area contributed by atoms with Gasteiger partial charge in [0, 0.05) is 5.54 Å². The number of halogens is 2. The van der Waals surface area contributed by atoms with Crippen molar-refractivity contribution in [2.75, 3.05) is 0 Å². The summed E-state index contributed by atoms with van der Waals surface area (Å²) in [7, 11) is 0. The lowest BCUT2D eigenvalue weighted by atomic mass is 9.72. The highest BCUT2D eigenvalue weighted by molar-refractivity contribution is 6.30. The van der Waals surface area contributed by atoms with Gasteiger partial charge < -0.3 is 5.73 Å². The first-order valence-corrected chi connectivity index (χ1v) is 7.67. The molecular formula is C16H21ClFN. The Morgan fingerprint density at radius 2 is 2.05 bits per heavy atom. The van der Waals surface area contributed by atoms with Crippen molar-refractivity contribution in [1.82, 2.24) is 0 Å². The summed E-state index contributed by atoms with van der Waals surface area (Å²) in [5.74, 6) is 1.37. The maximum absolute atomic E-state index is 14.0. The topological polar surface area (TPSA) is 26.0 Å². The number of nitrogens with two attached hydrogens (primary N) is 1. The second-order valence-electron chi connectivity index (χ2n) is 6.45. The number of rotatable bonds is 3. The summed E-state index contributed by atoms with van der Waals surface area (Å²) in [4.78, 5) is 0. The van der Waals surface area contributed by atoms with E-state index in [1.807, 2.05) is 12.1 Å². The molecule has 2 aliphatic rings. The standard InChI is InChI=1S/C16H21ClFN/c17-14-5-1-3-13(15(14)18)10-16(19)8-2-4-12(9-16)11-6-7-11/h1,3,5,11-12H,2,4,6-10,19H2. The third kappa shape index (κ3) is 2.95. The first kappa shape index (κ1) is 13.4. The summed E-state index contributed by atoms with van der Waals surface area (Å²) in [5, 5.41) is 0.204. The summed E-state index contributed by atoms with van der Waals surface area (Å²) in [5.41, 5.74) is 6.99. The van der Waals surface area contributed by atoms with Crippen molar-refractivity contribution in [1.29, 1.82) is 0 Å². The van der Waals surface area contributed by atoms with Crippen LogP contribution in [-0.2, 0) is 6.42 Å². The van der Waals surface area contributed by atoms with Gasteiger partial charge in [0.2, 0.25) is 0 Å². The molecule has 2 aliphatic carbocycles. The molecule has 2 saturated carbocycles. The van der Waals surface area contributed by atoms with E-state index < -0.39 is 0 Å². The van der Waals surface area contributed by atoms with E-state index in [9.17, 15) is 4.39 Å². The van der Waals surface area contributed by atoms with Gasteiger partial charge in [-0.2, -0.15) is 0 Å². The minimum atomic E-state index is -0.289. The molecule has 2 N–H and O–H groups in total. The van der Waals surface area contributed by atoms with Gasteiger partial charge in [-0.1, -0.05) is 36.6 Å². The van der Waals surface area contributed by atoms with E-state index in [-0.39, 0.29) is 16.4 Å². The van der Waals surface area contributed by atoms with E-state index in [4.69, 9.17) is 17.3 Å². The molecule has 0 saturated heterocycles. The Hall–Kier alpha value is -0.600. The number of hydrogen-bond acceptors (Lipinski definition) is 1.